The summed E-state index contributed by atoms with van der Waals surface area (Å²) in [6, 6.07) is 6.26. The number of fused-ring (bicyclic) bond motifs is 1. The zero-order chi connectivity index (χ0) is 27.2. The Balaban J connectivity index is 1.56. The van der Waals surface area contributed by atoms with Crippen molar-refractivity contribution < 1.29 is 19.5 Å². The number of nitrogens with zero attached hydrogens (tertiary/aromatic N) is 1. The fraction of sp³-hybridized carbons (Fsp3) is 0.500. The Morgan fingerprint density at radius 2 is 1.84 bits per heavy atom. The van der Waals surface area contributed by atoms with E-state index in [2.05, 4.69) is 30.9 Å². The third kappa shape index (κ3) is 6.73. The zero-order valence-corrected chi connectivity index (χ0v) is 22.3. The first-order valence-corrected chi connectivity index (χ1v) is 13.4. The van der Waals surface area contributed by atoms with Crippen LogP contribution in [0.3, 0.4) is 0 Å². The van der Waals surface area contributed by atoms with Gasteiger partial charge in [0.05, 0.1) is 6.04 Å². The van der Waals surface area contributed by atoms with Gasteiger partial charge in [-0.25, -0.2) is 14.6 Å². The van der Waals surface area contributed by atoms with Crippen LogP contribution in [-0.2, 0) is 11.2 Å². The highest BCUT2D eigenvalue weighted by Gasteiger charge is 2.29. The Morgan fingerprint density at radius 1 is 1.11 bits per heavy atom. The molecule has 1 aromatic carbocycles. The quantitative estimate of drug-likeness (QED) is 0.234. The zero-order valence-electron chi connectivity index (χ0n) is 22.3. The Labute approximate surface area is 222 Å². The van der Waals surface area contributed by atoms with E-state index in [0.29, 0.717) is 24.4 Å². The van der Waals surface area contributed by atoms with Crippen LogP contribution in [0.2, 0.25) is 0 Å². The van der Waals surface area contributed by atoms with Crippen molar-refractivity contribution in [2.24, 2.45) is 5.92 Å². The molecule has 1 saturated carbocycles. The lowest BCUT2D eigenvalue weighted by molar-refractivity contribution is -0.124. The smallest absolute Gasteiger partial charge is 0.356 e. The molecule has 0 saturated heterocycles. The summed E-state index contributed by atoms with van der Waals surface area (Å²) >= 11 is 0. The fourth-order valence-corrected chi connectivity index (χ4v) is 5.20. The summed E-state index contributed by atoms with van der Waals surface area (Å²) < 4.78 is 0. The van der Waals surface area contributed by atoms with Crippen molar-refractivity contribution in [1.82, 2.24) is 30.9 Å². The lowest BCUT2D eigenvalue weighted by Gasteiger charge is -2.26. The number of hydrogen-bond acceptors (Lipinski definition) is 4. The molecule has 6 N–H and O–H groups in total. The molecule has 1 aliphatic rings. The summed E-state index contributed by atoms with van der Waals surface area (Å²) in [4.78, 5) is 48.6. The number of carboxylic acid groups (broad SMARTS) is 1. The van der Waals surface area contributed by atoms with Gasteiger partial charge < -0.3 is 31.0 Å². The Kier molecular flexibility index (Phi) is 8.70. The van der Waals surface area contributed by atoms with E-state index in [4.69, 9.17) is 0 Å². The summed E-state index contributed by atoms with van der Waals surface area (Å²) in [6.07, 6.45) is 8.00. The maximum Gasteiger partial charge on any atom is 0.356 e. The second-order valence-corrected chi connectivity index (χ2v) is 10.7. The summed E-state index contributed by atoms with van der Waals surface area (Å²) in [6.45, 7) is 5.64. The maximum atomic E-state index is 13.6. The molecule has 2 aromatic heterocycles. The van der Waals surface area contributed by atoms with Crippen LogP contribution >= 0.6 is 0 Å². The number of carboxylic acids is 1. The Bertz CT molecular complexity index is 1270. The summed E-state index contributed by atoms with van der Waals surface area (Å²) in [5.74, 6) is -0.958. The van der Waals surface area contributed by atoms with Crippen molar-refractivity contribution in [3.05, 3.63) is 53.2 Å². The van der Waals surface area contributed by atoms with Crippen LogP contribution in [-0.4, -0.2) is 50.0 Å². The van der Waals surface area contributed by atoms with E-state index < -0.39 is 18.1 Å². The molecule has 3 amide bonds. The first-order valence-electron chi connectivity index (χ1n) is 13.4. The number of aryl methyl sites for hydroxylation is 1. The largest absolute Gasteiger partial charge is 0.476 e. The number of urea groups is 1. The minimum atomic E-state index is -1.14. The monoisotopic (exact) mass is 522 g/mol. The van der Waals surface area contributed by atoms with Crippen molar-refractivity contribution in [2.75, 3.05) is 0 Å². The molecule has 204 valence electrons. The molecule has 0 aliphatic heterocycles. The van der Waals surface area contributed by atoms with Gasteiger partial charge >= 0.3 is 12.0 Å². The number of hydrogen-bond donors (Lipinski definition) is 6. The third-order valence-electron chi connectivity index (χ3n) is 7.12. The van der Waals surface area contributed by atoms with E-state index in [1.165, 1.54) is 6.42 Å². The number of imidazole rings is 1. The van der Waals surface area contributed by atoms with Crippen LogP contribution in [0.15, 0.2) is 30.5 Å². The molecule has 10 nitrogen and oxygen atoms in total. The molecule has 2 heterocycles. The van der Waals surface area contributed by atoms with E-state index >= 15 is 0 Å². The number of aromatic amines is 2. The molecule has 10 heteroatoms. The molecule has 0 radical (unpaired) electrons. The molecule has 1 fully saturated rings. The summed E-state index contributed by atoms with van der Waals surface area (Å²) in [5, 5.41) is 19.5. The van der Waals surface area contributed by atoms with Gasteiger partial charge in [0.25, 0.3) is 0 Å². The van der Waals surface area contributed by atoms with E-state index in [1.54, 1.807) is 6.92 Å². The summed E-state index contributed by atoms with van der Waals surface area (Å²) in [5.41, 5.74) is 2.25. The van der Waals surface area contributed by atoms with E-state index in [1.807, 2.05) is 44.3 Å². The first kappa shape index (κ1) is 27.2. The van der Waals surface area contributed by atoms with Gasteiger partial charge in [-0.3, -0.25) is 4.79 Å². The van der Waals surface area contributed by atoms with Crippen LogP contribution in [0, 0.1) is 12.8 Å². The van der Waals surface area contributed by atoms with Crippen molar-refractivity contribution in [1.29, 1.82) is 0 Å². The minimum absolute atomic E-state index is 0.0816. The Hall–Kier alpha value is -3.82. The number of rotatable bonds is 10. The normalized spacial score (nSPS) is 15.8. The van der Waals surface area contributed by atoms with E-state index in [-0.39, 0.29) is 29.6 Å². The highest BCUT2D eigenvalue weighted by molar-refractivity contribution is 5.88. The van der Waals surface area contributed by atoms with Crippen LogP contribution in [0.25, 0.3) is 10.9 Å². The van der Waals surface area contributed by atoms with Crippen LogP contribution in [0.1, 0.15) is 86.0 Å². The first-order chi connectivity index (χ1) is 18.2. The number of aromatic carboxylic acids is 1. The molecule has 1 aliphatic carbocycles. The van der Waals surface area contributed by atoms with Crippen molar-refractivity contribution in [3.63, 3.8) is 0 Å². The molecule has 4 rings (SSSR count). The predicted molar refractivity (Wildman–Crippen MR) is 145 cm³/mol. The van der Waals surface area contributed by atoms with Gasteiger partial charge in [-0.15, -0.1) is 0 Å². The summed E-state index contributed by atoms with van der Waals surface area (Å²) in [7, 11) is 0. The number of benzene rings is 1. The molecule has 0 spiro atoms. The second-order valence-electron chi connectivity index (χ2n) is 10.7. The third-order valence-corrected chi connectivity index (χ3v) is 7.12. The number of carbonyl (C=O) groups excluding carboxylic acids is 2. The van der Waals surface area contributed by atoms with Crippen LogP contribution in [0.4, 0.5) is 4.79 Å². The van der Waals surface area contributed by atoms with Gasteiger partial charge in [0.1, 0.15) is 11.9 Å². The highest BCUT2D eigenvalue weighted by Crippen LogP contribution is 2.25. The molecule has 1 unspecified atom stereocenters. The topological polar surface area (TPSA) is 152 Å². The fourth-order valence-electron chi connectivity index (χ4n) is 5.20. The molecular weight excluding hydrogens is 484 g/mol. The second kappa shape index (κ2) is 12.1. The highest BCUT2D eigenvalue weighted by atomic mass is 16.4. The van der Waals surface area contributed by atoms with Crippen molar-refractivity contribution in [3.8, 4) is 0 Å². The lowest BCUT2D eigenvalue weighted by Crippen LogP contribution is -2.53. The Morgan fingerprint density at radius 3 is 2.53 bits per heavy atom. The van der Waals surface area contributed by atoms with Crippen LogP contribution in [0.5, 0.6) is 0 Å². The number of aromatic nitrogens is 3. The van der Waals surface area contributed by atoms with Crippen molar-refractivity contribution >= 4 is 28.8 Å². The van der Waals surface area contributed by atoms with Crippen LogP contribution < -0.4 is 16.0 Å². The van der Waals surface area contributed by atoms with E-state index in [9.17, 15) is 19.5 Å². The molecular formula is C28H38N6O4. The molecule has 38 heavy (non-hydrogen) atoms. The van der Waals surface area contributed by atoms with Gasteiger partial charge in [0, 0.05) is 35.3 Å². The number of nitrogens with one attached hydrogen (secondary N) is 5. The molecule has 2 atom stereocenters. The van der Waals surface area contributed by atoms with Gasteiger partial charge in [-0.1, -0.05) is 51.3 Å². The van der Waals surface area contributed by atoms with Gasteiger partial charge in [0.15, 0.2) is 5.69 Å². The lowest BCUT2D eigenvalue weighted by atomic mass is 9.96. The maximum absolute atomic E-state index is 13.6. The molecule has 3 aromatic rings. The number of carbonyl (C=O) groups is 3. The van der Waals surface area contributed by atoms with Crippen molar-refractivity contribution in [2.45, 2.75) is 83.8 Å². The average Bonchev–Trinajstić information content (AvgIpc) is 3.47. The van der Waals surface area contributed by atoms with Gasteiger partial charge in [-0.2, -0.15) is 0 Å². The molecule has 0 bridgehead atoms. The number of amides is 3. The SMILES string of the molecule is Cc1[nH]c([C@@H](Cc2c[nH]c3ccccc23)NC(=O)C(CC(C)C)NC(=O)NC2CCCCC2)nc1C(=O)O. The number of H-pyrrole nitrogens is 2. The average molecular weight is 523 g/mol. The van der Waals surface area contributed by atoms with Gasteiger partial charge in [0.2, 0.25) is 5.91 Å². The number of para-hydroxylation sites is 1. The predicted octanol–water partition coefficient (Wildman–Crippen LogP) is 4.34. The van der Waals surface area contributed by atoms with Gasteiger partial charge in [-0.05, 0) is 43.7 Å². The minimum Gasteiger partial charge on any atom is -0.476 e. The van der Waals surface area contributed by atoms with E-state index in [0.717, 1.165) is 42.1 Å². The standard InChI is InChI=1S/C28H38N6O4/c1-16(2)13-23(33-28(38)31-19-9-5-4-6-10-19)26(35)32-22(25-30-17(3)24(34-25)27(36)37)14-18-15-29-21-12-8-7-11-20(18)21/h7-8,11-12,15-16,19,22-23,29H,4-6,9-10,13-14H2,1-3H3,(H,30,34)(H,32,35)(H,36,37)(H2,31,33,38)/t22-,23?/m1/s1.